The molecule has 1 aliphatic rings. The number of carbonyl (C=O) groups is 2. The van der Waals surface area contributed by atoms with Gasteiger partial charge in [-0.3, -0.25) is 4.99 Å². The molecule has 0 saturated heterocycles. The van der Waals surface area contributed by atoms with E-state index in [0.29, 0.717) is 5.56 Å². The summed E-state index contributed by atoms with van der Waals surface area (Å²) in [5, 5.41) is 0.144. The predicted molar refractivity (Wildman–Crippen MR) is 93.0 cm³/mol. The number of methoxy groups -OCH3 is 1. The lowest BCUT2D eigenvalue weighted by Gasteiger charge is -2.28. The van der Waals surface area contributed by atoms with Crippen molar-refractivity contribution >= 4 is 41.4 Å². The van der Waals surface area contributed by atoms with Crippen LogP contribution in [0.25, 0.3) is 0 Å². The molecule has 1 unspecified atom stereocenters. The van der Waals surface area contributed by atoms with E-state index in [1.54, 1.807) is 32.9 Å². The van der Waals surface area contributed by atoms with Crippen molar-refractivity contribution in [1.29, 1.82) is 0 Å². The van der Waals surface area contributed by atoms with E-state index in [9.17, 15) is 9.59 Å². The molecule has 0 radical (unpaired) electrons. The molecule has 0 spiro atoms. The Hall–Kier alpha value is -1.85. The number of nitrogens with zero attached hydrogens (tertiary/aromatic N) is 1. The lowest BCUT2D eigenvalue weighted by atomic mass is 9.90. The third kappa shape index (κ3) is 3.47. The summed E-state index contributed by atoms with van der Waals surface area (Å²) in [6.07, 6.45) is 4.74. The number of benzene rings is 1. The van der Waals surface area contributed by atoms with Crippen molar-refractivity contribution in [3.8, 4) is 0 Å². The predicted octanol–water partition coefficient (Wildman–Crippen LogP) is 3.96. The summed E-state index contributed by atoms with van der Waals surface area (Å²) < 4.78 is 10.1. The Bertz CT molecular complexity index is 712. The molecule has 5 nitrogen and oxygen atoms in total. The van der Waals surface area contributed by atoms with Crippen LogP contribution in [0.1, 0.15) is 36.7 Å². The van der Waals surface area contributed by atoms with E-state index in [-0.39, 0.29) is 15.6 Å². The van der Waals surface area contributed by atoms with Gasteiger partial charge in [-0.05, 0) is 50.6 Å². The summed E-state index contributed by atoms with van der Waals surface area (Å²) in [6, 6.07) is 2.94. The number of hydrogen-bond acceptors (Lipinski definition) is 5. The Morgan fingerprint density at radius 2 is 1.75 bits per heavy atom. The normalized spacial score (nSPS) is 19.4. The van der Waals surface area contributed by atoms with Crippen molar-refractivity contribution in [1.82, 2.24) is 0 Å². The summed E-state index contributed by atoms with van der Waals surface area (Å²) in [4.78, 5) is 28.7. The van der Waals surface area contributed by atoms with Gasteiger partial charge in [-0.2, -0.15) is 0 Å². The zero-order chi connectivity index (χ0) is 18.1. The first-order valence-corrected chi connectivity index (χ1v) is 7.90. The first kappa shape index (κ1) is 18.5. The van der Waals surface area contributed by atoms with E-state index in [0.717, 1.165) is 0 Å². The zero-order valence-corrected chi connectivity index (χ0v) is 15.2. The Labute approximate surface area is 150 Å². The highest BCUT2D eigenvalue weighted by molar-refractivity contribution is 6.39. The molecule has 0 bridgehead atoms. The number of hydrogen-bond donors (Lipinski definition) is 0. The van der Waals surface area contributed by atoms with E-state index in [1.807, 2.05) is 0 Å². The molecule has 0 saturated carbocycles. The zero-order valence-electron chi connectivity index (χ0n) is 13.7. The quantitative estimate of drug-likeness (QED) is 0.756. The molecule has 1 atom stereocenters. The molecule has 0 aromatic heterocycles. The number of carbonyl (C=O) groups excluding carboxylic acids is 2. The van der Waals surface area contributed by atoms with Gasteiger partial charge in [0.1, 0.15) is 5.60 Å². The second kappa shape index (κ2) is 6.57. The van der Waals surface area contributed by atoms with E-state index >= 15 is 0 Å². The minimum Gasteiger partial charge on any atom is -0.465 e. The van der Waals surface area contributed by atoms with E-state index in [4.69, 9.17) is 27.9 Å². The lowest BCUT2D eigenvalue weighted by Crippen LogP contribution is -2.37. The van der Waals surface area contributed by atoms with Crippen LogP contribution in [0.5, 0.6) is 0 Å². The van der Waals surface area contributed by atoms with Crippen LogP contribution in [-0.2, 0) is 19.8 Å². The van der Waals surface area contributed by atoms with Gasteiger partial charge >= 0.3 is 11.9 Å². The molecular formula is C17H17Cl2NO4. The lowest BCUT2D eigenvalue weighted by molar-refractivity contribution is -0.159. The molecule has 7 heteroatoms. The number of esters is 2. The van der Waals surface area contributed by atoms with Gasteiger partial charge in [0.05, 0.1) is 22.7 Å². The maximum absolute atomic E-state index is 12.7. The molecular weight excluding hydrogens is 353 g/mol. The van der Waals surface area contributed by atoms with Crippen LogP contribution >= 0.6 is 23.2 Å². The highest BCUT2D eigenvalue weighted by atomic mass is 35.5. The van der Waals surface area contributed by atoms with Crippen molar-refractivity contribution in [3.63, 3.8) is 0 Å². The van der Waals surface area contributed by atoms with Gasteiger partial charge in [-0.1, -0.05) is 23.2 Å². The first-order valence-electron chi connectivity index (χ1n) is 7.15. The van der Waals surface area contributed by atoms with Crippen LogP contribution in [0.4, 0.5) is 0 Å². The Morgan fingerprint density at radius 3 is 2.17 bits per heavy atom. The highest BCUT2D eigenvalue weighted by Crippen LogP contribution is 2.38. The second-order valence-electron chi connectivity index (χ2n) is 6.21. The van der Waals surface area contributed by atoms with Gasteiger partial charge in [0.25, 0.3) is 0 Å². The second-order valence-corrected chi connectivity index (χ2v) is 7.03. The summed E-state index contributed by atoms with van der Waals surface area (Å²) in [5.41, 5.74) is -1.62. The largest absolute Gasteiger partial charge is 0.465 e. The Kier molecular flexibility index (Phi) is 5.06. The Morgan fingerprint density at radius 1 is 1.17 bits per heavy atom. The number of rotatable bonds is 3. The Balaban J connectivity index is 2.55. The van der Waals surface area contributed by atoms with Gasteiger partial charge in [-0.15, -0.1) is 0 Å². The maximum atomic E-state index is 12.7. The first-order chi connectivity index (χ1) is 11.1. The smallest absolute Gasteiger partial charge is 0.343 e. The summed E-state index contributed by atoms with van der Waals surface area (Å²) >= 11 is 12.3. The van der Waals surface area contributed by atoms with E-state index < -0.39 is 23.1 Å². The van der Waals surface area contributed by atoms with Gasteiger partial charge in [0.2, 0.25) is 5.54 Å². The average Bonchev–Trinajstić information content (AvgIpc) is 2.95. The monoisotopic (exact) mass is 369 g/mol. The third-order valence-corrected chi connectivity index (χ3v) is 3.88. The molecule has 2 rings (SSSR count). The van der Waals surface area contributed by atoms with Crippen LogP contribution in [0, 0.1) is 0 Å². The average molecular weight is 370 g/mol. The number of aliphatic imine (C=N–C) groups is 1. The van der Waals surface area contributed by atoms with Crippen LogP contribution in [0.3, 0.4) is 0 Å². The number of allylic oxidation sites excluding steroid dienone is 1. The topological polar surface area (TPSA) is 65.0 Å². The minimum atomic E-state index is -1.38. The summed E-state index contributed by atoms with van der Waals surface area (Å²) in [5.74, 6) is -1.22. The molecule has 0 fully saturated rings. The molecule has 1 aliphatic heterocycles. The van der Waals surface area contributed by atoms with Crippen molar-refractivity contribution in [2.45, 2.75) is 31.9 Å². The maximum Gasteiger partial charge on any atom is 0.343 e. The molecule has 0 aliphatic carbocycles. The number of ether oxygens (including phenoxy) is 2. The van der Waals surface area contributed by atoms with E-state index in [1.165, 1.54) is 25.5 Å². The number of halogens is 2. The third-order valence-electron chi connectivity index (χ3n) is 3.28. The summed E-state index contributed by atoms with van der Waals surface area (Å²) in [6.45, 7) is 5.30. The summed E-state index contributed by atoms with van der Waals surface area (Å²) in [7, 11) is 1.23. The fraction of sp³-hybridized carbons (Fsp3) is 0.353. The molecule has 0 amide bonds. The van der Waals surface area contributed by atoms with Gasteiger partial charge in [-0.25, -0.2) is 9.59 Å². The van der Waals surface area contributed by atoms with Crippen molar-refractivity contribution in [3.05, 3.63) is 45.5 Å². The fourth-order valence-corrected chi connectivity index (χ4v) is 2.88. The SMILES string of the molecule is COC(=O)c1c(Cl)cc(C2(C(=O)OC(C)(C)C)C=CC=N2)cc1Cl. The molecule has 0 N–H and O–H groups in total. The van der Waals surface area contributed by atoms with Crippen LogP contribution in [-0.4, -0.2) is 30.9 Å². The standard InChI is InChI=1S/C17H17Cl2NO4/c1-16(2,3)24-15(22)17(6-5-7-20-17)10-8-11(18)13(12(19)9-10)14(21)23-4/h5-9H,1-4H3. The highest BCUT2D eigenvalue weighted by Gasteiger charge is 2.43. The molecule has 24 heavy (non-hydrogen) atoms. The van der Waals surface area contributed by atoms with Crippen LogP contribution in [0.15, 0.2) is 29.3 Å². The van der Waals surface area contributed by atoms with Gasteiger partial charge < -0.3 is 9.47 Å². The fourth-order valence-electron chi connectivity index (χ4n) is 2.24. The molecule has 1 aromatic rings. The minimum absolute atomic E-state index is 0.0369. The van der Waals surface area contributed by atoms with Crippen LogP contribution < -0.4 is 0 Å². The van der Waals surface area contributed by atoms with Gasteiger partial charge in [0.15, 0.2) is 0 Å². The van der Waals surface area contributed by atoms with Crippen molar-refractivity contribution in [2.75, 3.05) is 7.11 Å². The molecule has 1 heterocycles. The molecule has 1 aromatic carbocycles. The van der Waals surface area contributed by atoms with Crippen molar-refractivity contribution in [2.24, 2.45) is 4.99 Å². The molecule has 128 valence electrons. The van der Waals surface area contributed by atoms with Gasteiger partial charge in [0, 0.05) is 6.21 Å². The van der Waals surface area contributed by atoms with Crippen LogP contribution in [0.2, 0.25) is 10.0 Å². The van der Waals surface area contributed by atoms with Crippen molar-refractivity contribution < 1.29 is 19.1 Å². The van der Waals surface area contributed by atoms with E-state index in [2.05, 4.69) is 9.73 Å².